The summed E-state index contributed by atoms with van der Waals surface area (Å²) in [6, 6.07) is 8.32. The van der Waals surface area contributed by atoms with Crippen LogP contribution in [-0.2, 0) is 14.3 Å². The highest BCUT2D eigenvalue weighted by Crippen LogP contribution is 2.31. The van der Waals surface area contributed by atoms with Crippen LogP contribution in [0.15, 0.2) is 36.0 Å². The van der Waals surface area contributed by atoms with E-state index in [9.17, 15) is 19.7 Å². The molecule has 0 bridgehead atoms. The molecule has 0 spiro atoms. The largest absolute Gasteiger partial charge is 0.469 e. The van der Waals surface area contributed by atoms with Crippen LogP contribution in [0.1, 0.15) is 18.4 Å². The van der Waals surface area contributed by atoms with Gasteiger partial charge in [0, 0.05) is 0 Å². The van der Waals surface area contributed by atoms with Crippen molar-refractivity contribution in [3.05, 3.63) is 51.7 Å². The number of carbonyl (C=O) groups is 1. The van der Waals surface area contributed by atoms with Gasteiger partial charge in [0.05, 0.1) is 23.9 Å². The fourth-order valence-electron chi connectivity index (χ4n) is 1.88. The molecule has 0 aliphatic rings. The summed E-state index contributed by atoms with van der Waals surface area (Å²) in [7, 11) is 1.19. The van der Waals surface area contributed by atoms with Crippen LogP contribution in [0.25, 0.3) is 0 Å². The van der Waals surface area contributed by atoms with Gasteiger partial charge in [-0.2, -0.15) is 0 Å². The molecule has 0 aliphatic heterocycles. The first kappa shape index (κ1) is 14.6. The van der Waals surface area contributed by atoms with Crippen LogP contribution >= 0.6 is 0 Å². The van der Waals surface area contributed by atoms with Crippen molar-refractivity contribution < 1.29 is 19.2 Å². The van der Waals surface area contributed by atoms with Gasteiger partial charge in [0.25, 0.3) is 0 Å². The molecule has 0 amide bonds. The number of allylic oxidation sites excluding steroid dienone is 1. The fourth-order valence-corrected chi connectivity index (χ4v) is 1.88. The van der Waals surface area contributed by atoms with Gasteiger partial charge in [0.2, 0.25) is 5.94 Å². The summed E-state index contributed by atoms with van der Waals surface area (Å²) in [4.78, 5) is 32.5. The minimum atomic E-state index is -0.985. The third-order valence-corrected chi connectivity index (χ3v) is 2.83. The third-order valence-electron chi connectivity index (χ3n) is 2.83. The quantitative estimate of drug-likeness (QED) is 0.348. The molecular formula is C13H13NO5. The molecule has 6 heteroatoms. The number of esters is 1. The number of hydrogen-bond acceptors (Lipinski definition) is 5. The Morgan fingerprint density at radius 3 is 2.37 bits per heavy atom. The van der Waals surface area contributed by atoms with Gasteiger partial charge in [-0.15, -0.1) is 0 Å². The number of benzene rings is 1. The van der Waals surface area contributed by atoms with Gasteiger partial charge in [0.15, 0.2) is 0 Å². The predicted octanol–water partition coefficient (Wildman–Crippen LogP) is 1.57. The maximum absolute atomic E-state index is 11.6. The van der Waals surface area contributed by atoms with Crippen LogP contribution < -0.4 is 0 Å². The van der Waals surface area contributed by atoms with Gasteiger partial charge in [-0.3, -0.25) is 14.9 Å². The second-order valence-corrected chi connectivity index (χ2v) is 3.94. The summed E-state index contributed by atoms with van der Waals surface area (Å²) < 4.78 is 4.58. The van der Waals surface area contributed by atoms with Gasteiger partial charge in [-0.1, -0.05) is 37.3 Å². The summed E-state index contributed by atoms with van der Waals surface area (Å²) in [6.45, 7) is 1.48. The summed E-state index contributed by atoms with van der Waals surface area (Å²) >= 11 is 0. The molecule has 19 heavy (non-hydrogen) atoms. The highest BCUT2D eigenvalue weighted by molar-refractivity contribution is 5.74. The molecule has 0 saturated heterocycles. The van der Waals surface area contributed by atoms with E-state index in [-0.39, 0.29) is 0 Å². The smallest absolute Gasteiger partial charge is 0.336 e. The van der Waals surface area contributed by atoms with E-state index in [1.54, 1.807) is 30.3 Å². The Balaban J connectivity index is 3.30. The predicted molar refractivity (Wildman–Crippen MR) is 66.6 cm³/mol. The van der Waals surface area contributed by atoms with E-state index >= 15 is 0 Å². The van der Waals surface area contributed by atoms with Crippen LogP contribution in [0, 0.1) is 16.0 Å². The molecule has 2 atom stereocenters. The van der Waals surface area contributed by atoms with E-state index in [0.717, 1.165) is 0 Å². The first-order valence-electron chi connectivity index (χ1n) is 5.55. The van der Waals surface area contributed by atoms with Crippen molar-refractivity contribution in [2.24, 2.45) is 5.92 Å². The average molecular weight is 263 g/mol. The molecule has 0 N–H and O–H groups in total. The van der Waals surface area contributed by atoms with Crippen LogP contribution in [0.3, 0.4) is 0 Å². The molecular weight excluding hydrogens is 250 g/mol. The highest BCUT2D eigenvalue weighted by atomic mass is 16.6. The number of ether oxygens (including phenoxy) is 1. The van der Waals surface area contributed by atoms with Crippen molar-refractivity contribution in [3.63, 3.8) is 0 Å². The molecule has 1 aromatic carbocycles. The van der Waals surface area contributed by atoms with Crippen LogP contribution in [0.2, 0.25) is 0 Å². The zero-order valence-corrected chi connectivity index (χ0v) is 10.5. The van der Waals surface area contributed by atoms with E-state index in [4.69, 9.17) is 0 Å². The van der Waals surface area contributed by atoms with Gasteiger partial charge in [0.1, 0.15) is 0 Å². The van der Waals surface area contributed by atoms with Crippen molar-refractivity contribution in [1.29, 1.82) is 0 Å². The van der Waals surface area contributed by atoms with Crippen molar-refractivity contribution in [2.45, 2.75) is 12.8 Å². The number of nitro groups is 1. The monoisotopic (exact) mass is 263 g/mol. The fraction of sp³-hybridized carbons (Fsp3) is 0.308. The number of rotatable bonds is 5. The van der Waals surface area contributed by atoms with Gasteiger partial charge in [-0.05, 0) is 5.56 Å². The standard InChI is InChI=1S/C13H13NO5/c1-9(13(16)19-2)12(11(8-15)14(17)18)10-6-4-3-5-7-10/h3-7,9,12H,1-2H3. The number of carbonyl (C=O) groups excluding carboxylic acids is 2. The number of methoxy groups -OCH3 is 1. The summed E-state index contributed by atoms with van der Waals surface area (Å²) in [6.07, 6.45) is 0. The van der Waals surface area contributed by atoms with Crippen LogP contribution in [-0.4, -0.2) is 23.9 Å². The molecule has 0 aromatic heterocycles. The third kappa shape index (κ3) is 3.26. The molecule has 1 rings (SSSR count). The lowest BCUT2D eigenvalue weighted by Gasteiger charge is -2.18. The Labute approximate surface area is 109 Å². The Bertz CT molecular complexity index is 519. The Hall–Kier alpha value is -2.46. The second kappa shape index (κ2) is 6.47. The summed E-state index contributed by atoms with van der Waals surface area (Å²) in [5, 5.41) is 10.9. The summed E-state index contributed by atoms with van der Waals surface area (Å²) in [5.41, 5.74) is -0.181. The molecule has 2 unspecified atom stereocenters. The van der Waals surface area contributed by atoms with Gasteiger partial charge >= 0.3 is 11.7 Å². The van der Waals surface area contributed by atoms with Crippen LogP contribution in [0.5, 0.6) is 0 Å². The van der Waals surface area contributed by atoms with E-state index in [1.165, 1.54) is 20.0 Å². The molecule has 0 heterocycles. The minimum absolute atomic E-state index is 0.496. The zero-order valence-electron chi connectivity index (χ0n) is 10.5. The maximum Gasteiger partial charge on any atom is 0.336 e. The second-order valence-electron chi connectivity index (χ2n) is 3.94. The van der Waals surface area contributed by atoms with E-state index in [1.807, 2.05) is 0 Å². The zero-order chi connectivity index (χ0) is 14.4. The van der Waals surface area contributed by atoms with Crippen molar-refractivity contribution >= 4 is 11.9 Å². The Kier molecular flexibility index (Phi) is 4.97. The van der Waals surface area contributed by atoms with Gasteiger partial charge in [-0.25, -0.2) is 4.79 Å². The van der Waals surface area contributed by atoms with Crippen molar-refractivity contribution in [3.8, 4) is 0 Å². The average Bonchev–Trinajstić information content (AvgIpc) is 2.43. The van der Waals surface area contributed by atoms with Crippen molar-refractivity contribution in [1.82, 2.24) is 0 Å². The SMILES string of the molecule is COC(=O)C(C)C(C(=C=O)[N+](=O)[O-])c1ccccc1. The highest BCUT2D eigenvalue weighted by Gasteiger charge is 2.37. The molecule has 6 nitrogen and oxygen atoms in total. The Morgan fingerprint density at radius 2 is 1.95 bits per heavy atom. The van der Waals surface area contributed by atoms with E-state index in [0.29, 0.717) is 5.56 Å². The lowest BCUT2D eigenvalue weighted by Crippen LogP contribution is -2.25. The van der Waals surface area contributed by atoms with E-state index < -0.39 is 28.4 Å². The molecule has 0 radical (unpaired) electrons. The number of hydrogen-bond donors (Lipinski definition) is 0. The van der Waals surface area contributed by atoms with Gasteiger partial charge < -0.3 is 4.74 Å². The topological polar surface area (TPSA) is 86.5 Å². The summed E-state index contributed by atoms with van der Waals surface area (Å²) in [5.74, 6) is -1.14. The molecule has 0 fully saturated rings. The lowest BCUT2D eigenvalue weighted by molar-refractivity contribution is -0.428. The maximum atomic E-state index is 11.6. The minimum Gasteiger partial charge on any atom is -0.469 e. The van der Waals surface area contributed by atoms with Crippen LogP contribution in [0.4, 0.5) is 0 Å². The first-order valence-corrected chi connectivity index (χ1v) is 5.55. The molecule has 0 saturated carbocycles. The molecule has 100 valence electrons. The van der Waals surface area contributed by atoms with E-state index in [2.05, 4.69) is 4.74 Å². The van der Waals surface area contributed by atoms with Crippen molar-refractivity contribution in [2.75, 3.05) is 7.11 Å². The molecule has 1 aromatic rings. The lowest BCUT2D eigenvalue weighted by atomic mass is 9.85. The molecule has 0 aliphatic carbocycles. The Morgan fingerprint density at radius 1 is 1.37 bits per heavy atom. The number of nitrogens with zero attached hydrogens (tertiary/aromatic N) is 1. The first-order chi connectivity index (χ1) is 9.02. The normalized spacial score (nSPS) is 12.9.